The molecule has 1 atom stereocenters. The average molecular weight is 356 g/mol. The van der Waals surface area contributed by atoms with Gasteiger partial charge in [-0.1, -0.05) is 23.2 Å². The second kappa shape index (κ2) is 6.96. The molecule has 0 radical (unpaired) electrons. The van der Waals surface area contributed by atoms with E-state index in [1.54, 1.807) is 6.07 Å². The van der Waals surface area contributed by atoms with Crippen LogP contribution in [0.15, 0.2) is 18.2 Å². The lowest BCUT2D eigenvalue weighted by Crippen LogP contribution is -2.46. The van der Waals surface area contributed by atoms with Gasteiger partial charge < -0.3 is 9.64 Å². The Hall–Kier alpha value is -1.14. The van der Waals surface area contributed by atoms with E-state index in [-0.39, 0.29) is 30.3 Å². The highest BCUT2D eigenvalue weighted by Crippen LogP contribution is 2.33. The number of rotatable bonds is 3. The van der Waals surface area contributed by atoms with Crippen molar-refractivity contribution < 1.29 is 22.7 Å². The Bertz CT molecular complexity index is 551. The van der Waals surface area contributed by atoms with Crippen LogP contribution in [0.4, 0.5) is 13.2 Å². The number of hydrogen-bond donors (Lipinski definition) is 0. The molecule has 8 heteroatoms. The summed E-state index contributed by atoms with van der Waals surface area (Å²) in [6.45, 7) is -0.366. The second-order valence-electron chi connectivity index (χ2n) is 5.08. The van der Waals surface area contributed by atoms with Crippen LogP contribution >= 0.6 is 23.2 Å². The van der Waals surface area contributed by atoms with Crippen LogP contribution < -0.4 is 4.74 Å². The molecule has 22 heavy (non-hydrogen) atoms. The van der Waals surface area contributed by atoms with Crippen LogP contribution in [0.2, 0.25) is 10.0 Å². The topological polar surface area (TPSA) is 29.5 Å². The van der Waals surface area contributed by atoms with Crippen molar-refractivity contribution in [1.29, 1.82) is 0 Å². The Morgan fingerprint density at radius 2 is 2.09 bits per heavy atom. The first-order valence-corrected chi connectivity index (χ1v) is 7.45. The molecule has 0 unspecified atom stereocenters. The first-order chi connectivity index (χ1) is 10.3. The molecular weight excluding hydrogens is 342 g/mol. The van der Waals surface area contributed by atoms with Crippen molar-refractivity contribution in [3.05, 3.63) is 28.2 Å². The Balaban J connectivity index is 1.92. The van der Waals surface area contributed by atoms with Crippen molar-refractivity contribution in [3.63, 3.8) is 0 Å². The average Bonchev–Trinajstić information content (AvgIpc) is 2.45. The van der Waals surface area contributed by atoms with Gasteiger partial charge in [0.2, 0.25) is 0 Å². The zero-order chi connectivity index (χ0) is 16.3. The van der Waals surface area contributed by atoms with Crippen molar-refractivity contribution >= 4 is 29.1 Å². The van der Waals surface area contributed by atoms with Gasteiger partial charge >= 0.3 is 6.18 Å². The zero-order valence-electron chi connectivity index (χ0n) is 11.5. The van der Waals surface area contributed by atoms with Crippen molar-refractivity contribution in [2.75, 3.05) is 19.7 Å². The summed E-state index contributed by atoms with van der Waals surface area (Å²) < 4.78 is 43.4. The quantitative estimate of drug-likeness (QED) is 0.814. The van der Waals surface area contributed by atoms with Crippen LogP contribution in [0.5, 0.6) is 5.75 Å². The maximum atomic E-state index is 12.7. The molecule has 1 heterocycles. The minimum absolute atomic E-state index is 0.0527. The molecule has 1 saturated heterocycles. The van der Waals surface area contributed by atoms with Crippen LogP contribution in [-0.2, 0) is 4.79 Å². The van der Waals surface area contributed by atoms with Gasteiger partial charge in [0.25, 0.3) is 5.91 Å². The maximum absolute atomic E-state index is 12.7. The van der Waals surface area contributed by atoms with Gasteiger partial charge in [-0.15, -0.1) is 0 Å². The van der Waals surface area contributed by atoms with Crippen LogP contribution in [0.1, 0.15) is 12.8 Å². The molecule has 0 spiro atoms. The molecule has 2 rings (SSSR count). The monoisotopic (exact) mass is 355 g/mol. The Kier molecular flexibility index (Phi) is 5.45. The smallest absolute Gasteiger partial charge is 0.393 e. The number of carbonyl (C=O) groups is 1. The molecule has 122 valence electrons. The first-order valence-electron chi connectivity index (χ1n) is 6.69. The van der Waals surface area contributed by atoms with E-state index in [0.717, 1.165) is 0 Å². The van der Waals surface area contributed by atoms with E-state index in [9.17, 15) is 18.0 Å². The SMILES string of the molecule is O=C(COc1ccc(Cl)cc1Cl)N1CCC[C@@H](C(F)(F)F)C1. The summed E-state index contributed by atoms with van der Waals surface area (Å²) >= 11 is 11.6. The number of ether oxygens (including phenoxy) is 1. The molecule has 1 amide bonds. The van der Waals surface area contributed by atoms with E-state index < -0.39 is 18.0 Å². The van der Waals surface area contributed by atoms with Gasteiger partial charge in [0, 0.05) is 18.1 Å². The maximum Gasteiger partial charge on any atom is 0.393 e. The van der Waals surface area contributed by atoms with Crippen LogP contribution in [0, 0.1) is 5.92 Å². The van der Waals surface area contributed by atoms with E-state index in [2.05, 4.69) is 0 Å². The highest BCUT2D eigenvalue weighted by molar-refractivity contribution is 6.35. The predicted molar refractivity (Wildman–Crippen MR) is 77.3 cm³/mol. The summed E-state index contributed by atoms with van der Waals surface area (Å²) in [5, 5.41) is 0.667. The standard InChI is InChI=1S/C14H14Cl2F3NO2/c15-10-3-4-12(11(16)6-10)22-8-13(21)20-5-1-2-9(7-20)14(17,18)19/h3-4,6,9H,1-2,5,7-8H2/t9-/m1/s1. The number of likely N-dealkylation sites (tertiary alicyclic amines) is 1. The normalized spacial score (nSPS) is 19.1. The van der Waals surface area contributed by atoms with Crippen LogP contribution in [0.25, 0.3) is 0 Å². The van der Waals surface area contributed by atoms with Gasteiger partial charge in [-0.05, 0) is 31.0 Å². The third-order valence-electron chi connectivity index (χ3n) is 3.48. The third kappa shape index (κ3) is 4.43. The van der Waals surface area contributed by atoms with E-state index in [1.165, 1.54) is 17.0 Å². The fourth-order valence-electron chi connectivity index (χ4n) is 2.29. The first kappa shape index (κ1) is 17.2. The number of nitrogens with zero attached hydrogens (tertiary/aromatic N) is 1. The molecule has 0 saturated carbocycles. The minimum Gasteiger partial charge on any atom is -0.482 e. The van der Waals surface area contributed by atoms with E-state index >= 15 is 0 Å². The van der Waals surface area contributed by atoms with Crippen molar-refractivity contribution in [3.8, 4) is 5.75 Å². The zero-order valence-corrected chi connectivity index (χ0v) is 13.0. The van der Waals surface area contributed by atoms with Crippen molar-refractivity contribution in [2.24, 2.45) is 5.92 Å². The molecule has 0 N–H and O–H groups in total. The lowest BCUT2D eigenvalue weighted by molar-refractivity contribution is -0.188. The summed E-state index contributed by atoms with van der Waals surface area (Å²) in [7, 11) is 0. The third-order valence-corrected chi connectivity index (χ3v) is 4.01. The largest absolute Gasteiger partial charge is 0.482 e. The van der Waals surface area contributed by atoms with Crippen LogP contribution in [0.3, 0.4) is 0 Å². The number of benzene rings is 1. The fraction of sp³-hybridized carbons (Fsp3) is 0.500. The highest BCUT2D eigenvalue weighted by atomic mass is 35.5. The van der Waals surface area contributed by atoms with Gasteiger partial charge in [0.1, 0.15) is 5.75 Å². The van der Waals surface area contributed by atoms with Crippen molar-refractivity contribution in [1.82, 2.24) is 4.90 Å². The molecule has 1 fully saturated rings. The Morgan fingerprint density at radius 3 is 2.73 bits per heavy atom. The summed E-state index contributed by atoms with van der Waals surface area (Å²) in [5.41, 5.74) is 0. The molecule has 1 aromatic rings. The van der Waals surface area contributed by atoms with Crippen molar-refractivity contribution in [2.45, 2.75) is 19.0 Å². The van der Waals surface area contributed by atoms with Gasteiger partial charge in [-0.3, -0.25) is 4.79 Å². The number of amides is 1. The molecule has 1 aliphatic rings. The summed E-state index contributed by atoms with van der Waals surface area (Å²) in [5.74, 6) is -1.69. The molecule has 0 bridgehead atoms. The molecule has 0 aliphatic carbocycles. The molecule has 0 aromatic heterocycles. The highest BCUT2D eigenvalue weighted by Gasteiger charge is 2.42. The summed E-state index contributed by atoms with van der Waals surface area (Å²) in [6, 6.07) is 4.52. The number of hydrogen-bond acceptors (Lipinski definition) is 2. The predicted octanol–water partition coefficient (Wildman–Crippen LogP) is 4.17. The minimum atomic E-state index is -4.28. The summed E-state index contributed by atoms with van der Waals surface area (Å²) in [6.07, 6.45) is -3.89. The Labute approximate surface area is 135 Å². The van der Waals surface area contributed by atoms with E-state index in [0.29, 0.717) is 18.0 Å². The number of piperidine rings is 1. The molecule has 3 nitrogen and oxygen atoms in total. The lowest BCUT2D eigenvalue weighted by Gasteiger charge is -2.33. The number of alkyl halides is 3. The summed E-state index contributed by atoms with van der Waals surface area (Å²) in [4.78, 5) is 13.2. The lowest BCUT2D eigenvalue weighted by atomic mass is 9.97. The van der Waals surface area contributed by atoms with E-state index in [4.69, 9.17) is 27.9 Å². The molecule has 1 aliphatic heterocycles. The number of halogens is 5. The number of carbonyl (C=O) groups excluding carboxylic acids is 1. The second-order valence-corrected chi connectivity index (χ2v) is 5.93. The molecular formula is C14H14Cl2F3NO2. The van der Waals surface area contributed by atoms with Gasteiger partial charge in [0.15, 0.2) is 6.61 Å². The van der Waals surface area contributed by atoms with Gasteiger partial charge in [-0.25, -0.2) is 0 Å². The fourth-order valence-corrected chi connectivity index (χ4v) is 2.76. The van der Waals surface area contributed by atoms with Gasteiger partial charge in [0.05, 0.1) is 10.9 Å². The molecule has 1 aromatic carbocycles. The van der Waals surface area contributed by atoms with E-state index in [1.807, 2.05) is 0 Å². The van der Waals surface area contributed by atoms with Gasteiger partial charge in [-0.2, -0.15) is 13.2 Å². The Morgan fingerprint density at radius 1 is 1.36 bits per heavy atom. The van der Waals surface area contributed by atoms with Crippen LogP contribution in [-0.4, -0.2) is 36.7 Å².